The van der Waals surface area contributed by atoms with Gasteiger partial charge in [0, 0.05) is 44.1 Å². The Morgan fingerprint density at radius 3 is 2.22 bits per heavy atom. The molecule has 0 aliphatic carbocycles. The van der Waals surface area contributed by atoms with Gasteiger partial charge in [-0.3, -0.25) is 14.9 Å². The molecule has 1 aliphatic rings. The maximum atomic E-state index is 12.5. The number of nitro benzene ring substituents is 1. The molecule has 0 aromatic heterocycles. The van der Waals surface area contributed by atoms with E-state index in [1.807, 2.05) is 6.07 Å². The first kappa shape index (κ1) is 18.8. The van der Waals surface area contributed by atoms with Crippen LogP contribution in [0.2, 0.25) is 0 Å². The molecule has 0 radical (unpaired) electrons. The van der Waals surface area contributed by atoms with Crippen molar-refractivity contribution in [2.45, 2.75) is 4.90 Å². The number of sulfone groups is 1. The SMILES string of the molecule is CS(=O)(=O)c1ccc(N2CCN(C(=O)c3ccccc3)CC2)c([N+](=O)[O-])c1. The van der Waals surface area contributed by atoms with Gasteiger partial charge in [-0.1, -0.05) is 18.2 Å². The number of carbonyl (C=O) groups is 1. The Balaban J connectivity index is 1.78. The van der Waals surface area contributed by atoms with Crippen LogP contribution in [0.1, 0.15) is 10.4 Å². The van der Waals surface area contributed by atoms with Crippen LogP contribution in [0, 0.1) is 10.1 Å². The molecule has 0 atom stereocenters. The first-order valence-electron chi connectivity index (χ1n) is 8.35. The van der Waals surface area contributed by atoms with E-state index in [-0.39, 0.29) is 16.5 Å². The second-order valence-electron chi connectivity index (χ2n) is 6.33. The van der Waals surface area contributed by atoms with Crippen LogP contribution in [0.15, 0.2) is 53.4 Å². The maximum Gasteiger partial charge on any atom is 0.293 e. The molecule has 8 nitrogen and oxygen atoms in total. The number of hydrogen-bond acceptors (Lipinski definition) is 6. The Kier molecular flexibility index (Phi) is 5.13. The lowest BCUT2D eigenvalue weighted by molar-refractivity contribution is -0.384. The Bertz CT molecular complexity index is 968. The van der Waals surface area contributed by atoms with E-state index in [2.05, 4.69) is 0 Å². The van der Waals surface area contributed by atoms with Gasteiger partial charge in [-0.25, -0.2) is 8.42 Å². The van der Waals surface area contributed by atoms with Crippen molar-refractivity contribution < 1.29 is 18.1 Å². The van der Waals surface area contributed by atoms with E-state index in [9.17, 15) is 23.3 Å². The highest BCUT2D eigenvalue weighted by Crippen LogP contribution is 2.31. The minimum atomic E-state index is -3.53. The van der Waals surface area contributed by atoms with E-state index in [1.54, 1.807) is 34.1 Å². The third kappa shape index (κ3) is 4.08. The number of carbonyl (C=O) groups excluding carboxylic acids is 1. The topological polar surface area (TPSA) is 101 Å². The highest BCUT2D eigenvalue weighted by atomic mass is 32.2. The summed E-state index contributed by atoms with van der Waals surface area (Å²) in [6.45, 7) is 1.71. The third-order valence-electron chi connectivity index (χ3n) is 4.50. The third-order valence-corrected chi connectivity index (χ3v) is 5.61. The van der Waals surface area contributed by atoms with Crippen molar-refractivity contribution in [3.05, 3.63) is 64.2 Å². The molecular formula is C18H19N3O5S. The van der Waals surface area contributed by atoms with E-state index in [0.29, 0.717) is 37.4 Å². The minimum Gasteiger partial charge on any atom is -0.362 e. The Morgan fingerprint density at radius 2 is 1.67 bits per heavy atom. The highest BCUT2D eigenvalue weighted by Gasteiger charge is 2.27. The summed E-state index contributed by atoms with van der Waals surface area (Å²) in [4.78, 5) is 26.8. The molecular weight excluding hydrogens is 370 g/mol. The molecule has 2 aromatic carbocycles. The van der Waals surface area contributed by atoms with Crippen LogP contribution < -0.4 is 4.90 Å². The summed E-state index contributed by atoms with van der Waals surface area (Å²) < 4.78 is 23.3. The predicted octanol–water partition coefficient (Wildman–Crippen LogP) is 1.96. The van der Waals surface area contributed by atoms with Crippen LogP contribution in [0.5, 0.6) is 0 Å². The first-order chi connectivity index (χ1) is 12.8. The fraction of sp³-hybridized carbons (Fsp3) is 0.278. The van der Waals surface area contributed by atoms with E-state index in [4.69, 9.17) is 0 Å². The van der Waals surface area contributed by atoms with Gasteiger partial charge in [0.15, 0.2) is 9.84 Å². The Hall–Kier alpha value is -2.94. The summed E-state index contributed by atoms with van der Waals surface area (Å²) in [5, 5.41) is 11.4. The largest absolute Gasteiger partial charge is 0.362 e. The molecule has 2 aromatic rings. The van der Waals surface area contributed by atoms with Crippen molar-refractivity contribution >= 4 is 27.1 Å². The van der Waals surface area contributed by atoms with Crippen LogP contribution >= 0.6 is 0 Å². The molecule has 1 heterocycles. The van der Waals surface area contributed by atoms with Crippen molar-refractivity contribution in [3.63, 3.8) is 0 Å². The van der Waals surface area contributed by atoms with E-state index in [1.165, 1.54) is 12.1 Å². The number of nitrogens with zero attached hydrogens (tertiary/aromatic N) is 3. The summed E-state index contributed by atoms with van der Waals surface area (Å²) >= 11 is 0. The zero-order valence-electron chi connectivity index (χ0n) is 14.7. The van der Waals surface area contributed by atoms with Gasteiger partial charge in [-0.05, 0) is 24.3 Å². The second kappa shape index (κ2) is 7.36. The van der Waals surface area contributed by atoms with Crippen molar-refractivity contribution in [2.24, 2.45) is 0 Å². The molecule has 1 saturated heterocycles. The minimum absolute atomic E-state index is 0.0721. The van der Waals surface area contributed by atoms with Crippen LogP contribution in [0.4, 0.5) is 11.4 Å². The van der Waals surface area contributed by atoms with Crippen LogP contribution in [-0.4, -0.2) is 56.6 Å². The van der Waals surface area contributed by atoms with E-state index in [0.717, 1.165) is 12.3 Å². The average Bonchev–Trinajstić information content (AvgIpc) is 2.67. The normalized spacial score (nSPS) is 14.9. The Morgan fingerprint density at radius 1 is 1.04 bits per heavy atom. The Labute approximate surface area is 157 Å². The number of anilines is 1. The van der Waals surface area contributed by atoms with Crippen molar-refractivity contribution in [1.82, 2.24) is 4.90 Å². The fourth-order valence-corrected chi connectivity index (χ4v) is 3.70. The number of nitro groups is 1. The van der Waals surface area contributed by atoms with Crippen molar-refractivity contribution in [1.29, 1.82) is 0 Å². The molecule has 0 spiro atoms. The molecule has 1 aliphatic heterocycles. The van der Waals surface area contributed by atoms with Crippen molar-refractivity contribution in [3.8, 4) is 0 Å². The van der Waals surface area contributed by atoms with Gasteiger partial charge < -0.3 is 9.80 Å². The highest BCUT2D eigenvalue weighted by molar-refractivity contribution is 7.90. The van der Waals surface area contributed by atoms with Gasteiger partial charge in [0.1, 0.15) is 5.69 Å². The lowest BCUT2D eigenvalue weighted by Gasteiger charge is -2.35. The molecule has 0 bridgehead atoms. The zero-order valence-corrected chi connectivity index (χ0v) is 15.6. The summed E-state index contributed by atoms with van der Waals surface area (Å²) in [6.07, 6.45) is 1.01. The number of benzene rings is 2. The fourth-order valence-electron chi connectivity index (χ4n) is 3.06. The molecule has 3 rings (SSSR count). The molecule has 1 amide bonds. The predicted molar refractivity (Wildman–Crippen MR) is 101 cm³/mol. The van der Waals surface area contributed by atoms with Gasteiger partial charge in [-0.15, -0.1) is 0 Å². The lowest BCUT2D eigenvalue weighted by Crippen LogP contribution is -2.49. The van der Waals surface area contributed by atoms with E-state index < -0.39 is 14.8 Å². The number of hydrogen-bond donors (Lipinski definition) is 0. The van der Waals surface area contributed by atoms with E-state index >= 15 is 0 Å². The van der Waals surface area contributed by atoms with Gasteiger partial charge >= 0.3 is 0 Å². The maximum absolute atomic E-state index is 12.5. The quantitative estimate of drug-likeness (QED) is 0.585. The van der Waals surface area contributed by atoms with Gasteiger partial charge in [-0.2, -0.15) is 0 Å². The second-order valence-corrected chi connectivity index (χ2v) is 8.34. The molecule has 0 unspecified atom stereocenters. The summed E-state index contributed by atoms with van der Waals surface area (Å²) in [5.41, 5.74) is 0.717. The smallest absolute Gasteiger partial charge is 0.293 e. The number of rotatable bonds is 4. The summed E-state index contributed by atoms with van der Waals surface area (Å²) in [6, 6.07) is 12.9. The molecule has 0 saturated carbocycles. The molecule has 1 fully saturated rings. The van der Waals surface area contributed by atoms with Gasteiger partial charge in [0.2, 0.25) is 0 Å². The molecule has 9 heteroatoms. The summed E-state index contributed by atoms with van der Waals surface area (Å²) in [5.74, 6) is -0.0721. The zero-order chi connectivity index (χ0) is 19.6. The average molecular weight is 389 g/mol. The number of piperazine rings is 1. The van der Waals surface area contributed by atoms with Crippen LogP contribution in [0.25, 0.3) is 0 Å². The molecule has 142 valence electrons. The van der Waals surface area contributed by atoms with Gasteiger partial charge in [0.25, 0.3) is 11.6 Å². The van der Waals surface area contributed by atoms with Crippen LogP contribution in [0.3, 0.4) is 0 Å². The standard InChI is InChI=1S/C18H19N3O5S/c1-27(25,26)15-7-8-16(17(13-15)21(23)24)19-9-11-20(12-10-19)18(22)14-5-3-2-4-6-14/h2-8,13H,9-12H2,1H3. The van der Waals surface area contributed by atoms with Crippen LogP contribution in [-0.2, 0) is 9.84 Å². The first-order valence-corrected chi connectivity index (χ1v) is 10.2. The molecule has 27 heavy (non-hydrogen) atoms. The summed E-state index contributed by atoms with van der Waals surface area (Å²) in [7, 11) is -3.53. The van der Waals surface area contributed by atoms with Gasteiger partial charge in [0.05, 0.1) is 9.82 Å². The van der Waals surface area contributed by atoms with Crippen molar-refractivity contribution in [2.75, 3.05) is 37.3 Å². The number of amides is 1. The monoisotopic (exact) mass is 389 g/mol. The molecule has 0 N–H and O–H groups in total. The lowest BCUT2D eigenvalue weighted by atomic mass is 10.1.